The molecule has 0 saturated heterocycles. The smallest absolute Gasteiger partial charge is 0.435 e. The number of ether oxygens (including phenoxy) is 1. The van der Waals surface area contributed by atoms with Gasteiger partial charge in [0.1, 0.15) is 11.3 Å². The van der Waals surface area contributed by atoms with E-state index in [9.17, 15) is 23.2 Å². The summed E-state index contributed by atoms with van der Waals surface area (Å²) in [5.74, 6) is -0.641. The molecule has 0 saturated carbocycles. The van der Waals surface area contributed by atoms with Gasteiger partial charge < -0.3 is 4.74 Å². The summed E-state index contributed by atoms with van der Waals surface area (Å²) in [5.41, 5.74) is -2.24. The Morgan fingerprint density at radius 2 is 1.78 bits per heavy atom. The Kier molecular flexibility index (Phi) is 5.10. The van der Waals surface area contributed by atoms with Crippen molar-refractivity contribution >= 4 is 27.5 Å². The second-order valence-electron chi connectivity index (χ2n) is 7.44. The minimum absolute atomic E-state index is 0.0865. The molecule has 1 unspecified atom stereocenters. The van der Waals surface area contributed by atoms with Crippen LogP contribution in [0.3, 0.4) is 0 Å². The van der Waals surface area contributed by atoms with Gasteiger partial charge in [-0.1, -0.05) is 12.1 Å². The Balaban J connectivity index is 2.47. The number of sulfone groups is 1. The van der Waals surface area contributed by atoms with Gasteiger partial charge in [0.05, 0.1) is 4.90 Å². The number of carbonyl (C=O) groups is 2. The zero-order valence-corrected chi connectivity index (χ0v) is 16.9. The highest BCUT2D eigenvalue weighted by atomic mass is 32.2. The quantitative estimate of drug-likeness (QED) is 0.612. The van der Waals surface area contributed by atoms with Crippen LogP contribution < -0.4 is 0 Å². The lowest BCUT2D eigenvalue weighted by Gasteiger charge is -2.33. The maximum Gasteiger partial charge on any atom is 0.435 e. The molecule has 2 rings (SSSR count). The van der Waals surface area contributed by atoms with Crippen LogP contribution in [0.4, 0.5) is 4.79 Å². The molecule has 9 nitrogen and oxygen atoms in total. The molecule has 1 aliphatic rings. The Morgan fingerprint density at radius 1 is 1.26 bits per heavy atom. The third-order valence-electron chi connectivity index (χ3n) is 3.97. The molecule has 1 aromatic carbocycles. The lowest BCUT2D eigenvalue weighted by atomic mass is 9.90. The standard InChI is InChI=1S/C17H23N3O6S/c1-16(2,3)26-15(22)20(23)17(4)13(18-19(5)14(17)21)11-7-9-12(10-8-11)27(6,24)25/h7-10,23H,1-6H3. The van der Waals surface area contributed by atoms with Crippen LogP contribution in [0.15, 0.2) is 34.3 Å². The average Bonchev–Trinajstić information content (AvgIpc) is 2.77. The summed E-state index contributed by atoms with van der Waals surface area (Å²) in [6.07, 6.45) is -0.0248. The highest BCUT2D eigenvalue weighted by Gasteiger charge is 2.54. The van der Waals surface area contributed by atoms with Crippen molar-refractivity contribution in [1.82, 2.24) is 10.1 Å². The second-order valence-corrected chi connectivity index (χ2v) is 9.45. The average molecular weight is 397 g/mol. The van der Waals surface area contributed by atoms with Crippen molar-refractivity contribution in [2.75, 3.05) is 13.3 Å². The molecule has 1 aliphatic heterocycles. The van der Waals surface area contributed by atoms with Crippen LogP contribution in [0.1, 0.15) is 33.3 Å². The summed E-state index contributed by atoms with van der Waals surface area (Å²) in [4.78, 5) is 25.1. The zero-order chi connectivity index (χ0) is 20.8. The van der Waals surface area contributed by atoms with Gasteiger partial charge in [-0.3, -0.25) is 10.0 Å². The molecule has 0 fully saturated rings. The molecular formula is C17H23N3O6S. The molecule has 27 heavy (non-hydrogen) atoms. The fourth-order valence-corrected chi connectivity index (χ4v) is 3.22. The van der Waals surface area contributed by atoms with Gasteiger partial charge in [-0.25, -0.2) is 18.2 Å². The molecule has 0 aromatic heterocycles. The van der Waals surface area contributed by atoms with E-state index in [1.165, 1.54) is 38.2 Å². The van der Waals surface area contributed by atoms with Crippen LogP contribution in [-0.2, 0) is 19.4 Å². The van der Waals surface area contributed by atoms with Gasteiger partial charge in [-0.2, -0.15) is 10.2 Å². The molecular weight excluding hydrogens is 374 g/mol. The molecule has 0 aliphatic carbocycles. The van der Waals surface area contributed by atoms with E-state index >= 15 is 0 Å². The van der Waals surface area contributed by atoms with Gasteiger partial charge >= 0.3 is 6.09 Å². The summed E-state index contributed by atoms with van der Waals surface area (Å²) in [6, 6.07) is 5.66. The van der Waals surface area contributed by atoms with Gasteiger partial charge in [0.15, 0.2) is 15.4 Å². The number of hydrogen-bond acceptors (Lipinski definition) is 7. The molecule has 1 N–H and O–H groups in total. The van der Waals surface area contributed by atoms with Crippen molar-refractivity contribution in [2.45, 2.75) is 43.7 Å². The Hall–Kier alpha value is -2.46. The summed E-state index contributed by atoms with van der Waals surface area (Å²) in [6.45, 7) is 6.22. The number of benzene rings is 1. The first-order valence-electron chi connectivity index (χ1n) is 8.08. The fraction of sp³-hybridized carbons (Fsp3) is 0.471. The maximum absolute atomic E-state index is 12.7. The Bertz CT molecular complexity index is 902. The zero-order valence-electron chi connectivity index (χ0n) is 16.0. The minimum Gasteiger partial charge on any atom is -0.442 e. The van der Waals surface area contributed by atoms with Gasteiger partial charge in [-0.15, -0.1) is 0 Å². The highest BCUT2D eigenvalue weighted by molar-refractivity contribution is 7.90. The Labute approximate surface area is 158 Å². The van der Waals surface area contributed by atoms with Crippen molar-refractivity contribution in [2.24, 2.45) is 5.10 Å². The van der Waals surface area contributed by atoms with E-state index in [0.29, 0.717) is 5.56 Å². The molecule has 0 spiro atoms. The molecule has 148 valence electrons. The van der Waals surface area contributed by atoms with Gasteiger partial charge in [-0.05, 0) is 39.8 Å². The van der Waals surface area contributed by atoms with Crippen LogP contribution in [0, 0.1) is 0 Å². The van der Waals surface area contributed by atoms with Crippen LogP contribution in [-0.4, -0.2) is 65.9 Å². The molecule has 1 aromatic rings. The third kappa shape index (κ3) is 3.96. The van der Waals surface area contributed by atoms with Crippen molar-refractivity contribution in [1.29, 1.82) is 0 Å². The molecule has 1 heterocycles. The van der Waals surface area contributed by atoms with E-state index in [1.807, 2.05) is 0 Å². The van der Waals surface area contributed by atoms with Crippen LogP contribution >= 0.6 is 0 Å². The van der Waals surface area contributed by atoms with Crippen LogP contribution in [0.2, 0.25) is 0 Å². The van der Waals surface area contributed by atoms with Crippen LogP contribution in [0.5, 0.6) is 0 Å². The number of likely N-dealkylation sites (N-methyl/N-ethyl adjacent to an activating group) is 1. The summed E-state index contributed by atoms with van der Waals surface area (Å²) in [7, 11) is -2.00. The van der Waals surface area contributed by atoms with Crippen molar-refractivity contribution in [3.63, 3.8) is 0 Å². The largest absolute Gasteiger partial charge is 0.442 e. The predicted octanol–water partition coefficient (Wildman–Crippen LogP) is 1.65. The Morgan fingerprint density at radius 3 is 2.22 bits per heavy atom. The number of hydrazone groups is 1. The van der Waals surface area contributed by atoms with Crippen molar-refractivity contribution < 1.29 is 28.0 Å². The molecule has 1 atom stereocenters. The lowest BCUT2D eigenvalue weighted by Crippen LogP contribution is -2.59. The van der Waals surface area contributed by atoms with E-state index < -0.39 is 33.0 Å². The molecule has 10 heteroatoms. The summed E-state index contributed by atoms with van der Waals surface area (Å²) < 4.78 is 28.4. The normalized spacial score (nSPS) is 20.5. The molecule has 2 amide bonds. The van der Waals surface area contributed by atoms with E-state index in [0.717, 1.165) is 11.3 Å². The van der Waals surface area contributed by atoms with Crippen molar-refractivity contribution in [3.8, 4) is 0 Å². The minimum atomic E-state index is -3.39. The van der Waals surface area contributed by atoms with Crippen LogP contribution in [0.25, 0.3) is 0 Å². The number of amides is 2. The number of carbonyl (C=O) groups excluding carboxylic acids is 2. The molecule has 0 bridgehead atoms. The molecule has 0 radical (unpaired) electrons. The number of hydroxylamine groups is 2. The first-order chi connectivity index (χ1) is 12.2. The van der Waals surface area contributed by atoms with E-state index in [-0.39, 0.29) is 15.7 Å². The van der Waals surface area contributed by atoms with Gasteiger partial charge in [0.2, 0.25) is 0 Å². The fourth-order valence-electron chi connectivity index (χ4n) is 2.59. The van der Waals surface area contributed by atoms with Crippen molar-refractivity contribution in [3.05, 3.63) is 29.8 Å². The number of rotatable bonds is 3. The van der Waals surface area contributed by atoms with E-state index in [1.54, 1.807) is 20.8 Å². The van der Waals surface area contributed by atoms with E-state index in [4.69, 9.17) is 4.74 Å². The first kappa shape index (κ1) is 20.8. The summed E-state index contributed by atoms with van der Waals surface area (Å²) >= 11 is 0. The van der Waals surface area contributed by atoms with Gasteiger partial charge in [0.25, 0.3) is 5.91 Å². The SMILES string of the molecule is CN1N=C(c2ccc(S(C)(=O)=O)cc2)C(C)(N(O)C(=O)OC(C)(C)C)C1=O. The van der Waals surface area contributed by atoms with Gasteiger partial charge in [0, 0.05) is 18.9 Å². The maximum atomic E-state index is 12.7. The first-order valence-corrected chi connectivity index (χ1v) is 9.97. The van der Waals surface area contributed by atoms with E-state index in [2.05, 4.69) is 5.10 Å². The monoisotopic (exact) mass is 397 g/mol. The second kappa shape index (κ2) is 6.61. The number of nitrogens with zero attached hydrogens (tertiary/aromatic N) is 3. The predicted molar refractivity (Wildman–Crippen MR) is 97.1 cm³/mol. The highest BCUT2D eigenvalue weighted by Crippen LogP contribution is 2.30. The summed E-state index contributed by atoms with van der Waals surface area (Å²) in [5, 5.41) is 15.8. The number of hydrogen-bond donors (Lipinski definition) is 1. The lowest BCUT2D eigenvalue weighted by molar-refractivity contribution is -0.161. The third-order valence-corrected chi connectivity index (χ3v) is 5.10. The topological polar surface area (TPSA) is 117 Å².